The maximum Gasteiger partial charge on any atom is 0.108 e. The molecule has 6 rings (SSSR count). The van der Waals surface area contributed by atoms with Gasteiger partial charge in [0.2, 0.25) is 0 Å². The lowest BCUT2D eigenvalue weighted by molar-refractivity contribution is 0.751. The molecule has 162 valence electrons. The van der Waals surface area contributed by atoms with Crippen molar-refractivity contribution in [3.63, 3.8) is 0 Å². The number of para-hydroxylation sites is 1. The molecule has 0 saturated heterocycles. The van der Waals surface area contributed by atoms with E-state index < -0.39 is 0 Å². The number of benzene rings is 4. The third-order valence-electron chi connectivity index (χ3n) is 7.34. The number of hydrogen-bond donors (Lipinski definition) is 0. The number of fused-ring (bicyclic) bond motifs is 8. The lowest BCUT2D eigenvalue weighted by Gasteiger charge is -2.37. The van der Waals surface area contributed by atoms with Crippen molar-refractivity contribution in [3.8, 4) is 22.3 Å². The van der Waals surface area contributed by atoms with E-state index in [1.165, 1.54) is 61.6 Å². The van der Waals surface area contributed by atoms with Crippen molar-refractivity contribution in [1.82, 2.24) is 0 Å². The first-order valence-corrected chi connectivity index (χ1v) is 11.7. The van der Waals surface area contributed by atoms with Gasteiger partial charge in [0.1, 0.15) is 6.17 Å². The van der Waals surface area contributed by atoms with Gasteiger partial charge in [0.25, 0.3) is 0 Å². The van der Waals surface area contributed by atoms with Crippen LogP contribution < -0.4 is 9.80 Å². The van der Waals surface area contributed by atoms with Crippen molar-refractivity contribution in [2.75, 3.05) is 9.80 Å². The zero-order valence-electron chi connectivity index (χ0n) is 19.6. The van der Waals surface area contributed by atoms with Crippen LogP contribution in [0.1, 0.15) is 29.2 Å². The van der Waals surface area contributed by atoms with Crippen LogP contribution >= 0.6 is 0 Å². The second-order valence-corrected chi connectivity index (χ2v) is 9.20. The predicted octanol–water partition coefficient (Wildman–Crippen LogP) is 7.93. The summed E-state index contributed by atoms with van der Waals surface area (Å²) in [6, 6.07) is 31.0. The molecule has 0 saturated carbocycles. The summed E-state index contributed by atoms with van der Waals surface area (Å²) in [6.07, 6.45) is 2.50. The molecule has 0 amide bonds. The first-order chi connectivity index (χ1) is 16.1. The molecule has 2 nitrogen and oxygen atoms in total. The number of anilines is 2. The highest BCUT2D eigenvalue weighted by atomic mass is 15.4. The average molecular weight is 429 g/mol. The summed E-state index contributed by atoms with van der Waals surface area (Å²) in [5, 5.41) is 0. The fraction of sp³-hybridized carbons (Fsp3) is 0.161. The molecule has 33 heavy (non-hydrogen) atoms. The Balaban J connectivity index is 1.72. The highest BCUT2D eigenvalue weighted by molar-refractivity contribution is 6.03. The SMILES string of the molecule is Cc1ccccc1N1C=C2c3ccccc3-c3ccccc3-c3ccc(C)c(C)c3N2[C@@H]1C. The molecule has 4 aromatic rings. The van der Waals surface area contributed by atoms with Gasteiger partial charge >= 0.3 is 0 Å². The summed E-state index contributed by atoms with van der Waals surface area (Å²) in [6.45, 7) is 9.00. The molecule has 4 aromatic carbocycles. The molecule has 0 fully saturated rings. The molecular weight excluding hydrogens is 400 g/mol. The Labute approximate surface area is 196 Å². The van der Waals surface area contributed by atoms with E-state index in [0.717, 1.165) is 0 Å². The van der Waals surface area contributed by atoms with Crippen molar-refractivity contribution >= 4 is 17.1 Å². The van der Waals surface area contributed by atoms with Gasteiger partial charge in [-0.05, 0) is 67.1 Å². The highest BCUT2D eigenvalue weighted by Crippen LogP contribution is 2.50. The lowest BCUT2D eigenvalue weighted by atomic mass is 9.86. The van der Waals surface area contributed by atoms with Gasteiger partial charge in [0, 0.05) is 23.0 Å². The van der Waals surface area contributed by atoms with E-state index in [0.29, 0.717) is 0 Å². The van der Waals surface area contributed by atoms with Gasteiger partial charge in [-0.25, -0.2) is 0 Å². The van der Waals surface area contributed by atoms with E-state index >= 15 is 0 Å². The molecule has 0 N–H and O–H groups in total. The van der Waals surface area contributed by atoms with Gasteiger partial charge in [-0.2, -0.15) is 0 Å². The zero-order chi connectivity index (χ0) is 22.7. The minimum Gasteiger partial charge on any atom is -0.325 e. The lowest BCUT2D eigenvalue weighted by Crippen LogP contribution is -2.38. The molecule has 0 radical (unpaired) electrons. The van der Waals surface area contributed by atoms with E-state index in [-0.39, 0.29) is 6.17 Å². The average Bonchev–Trinajstić information content (AvgIpc) is 3.16. The normalized spacial score (nSPS) is 16.2. The highest BCUT2D eigenvalue weighted by Gasteiger charge is 2.37. The molecular formula is C31H28N2. The van der Waals surface area contributed by atoms with Crippen molar-refractivity contribution in [3.05, 3.63) is 113 Å². The Kier molecular flexibility index (Phi) is 4.45. The van der Waals surface area contributed by atoms with Gasteiger partial charge in [-0.1, -0.05) is 78.9 Å². The number of aryl methyl sites for hydroxylation is 2. The molecule has 2 aliphatic rings. The molecule has 0 unspecified atom stereocenters. The van der Waals surface area contributed by atoms with Crippen LogP contribution in [-0.2, 0) is 0 Å². The fourth-order valence-corrected chi connectivity index (χ4v) is 5.48. The van der Waals surface area contributed by atoms with Gasteiger partial charge < -0.3 is 9.80 Å². The van der Waals surface area contributed by atoms with Gasteiger partial charge in [-0.3, -0.25) is 0 Å². The molecule has 2 heterocycles. The van der Waals surface area contributed by atoms with E-state index in [9.17, 15) is 0 Å². The number of hydrogen-bond acceptors (Lipinski definition) is 2. The van der Waals surface area contributed by atoms with Crippen LogP contribution in [0.25, 0.3) is 28.0 Å². The Morgan fingerprint density at radius 1 is 0.576 bits per heavy atom. The maximum atomic E-state index is 2.55. The Hall–Kier alpha value is -3.78. The van der Waals surface area contributed by atoms with Crippen LogP contribution in [0.2, 0.25) is 0 Å². The van der Waals surface area contributed by atoms with E-state index in [4.69, 9.17) is 0 Å². The summed E-state index contributed by atoms with van der Waals surface area (Å²) in [5.41, 5.74) is 14.2. The largest absolute Gasteiger partial charge is 0.325 e. The smallest absolute Gasteiger partial charge is 0.108 e. The predicted molar refractivity (Wildman–Crippen MR) is 140 cm³/mol. The number of nitrogens with zero attached hydrogens (tertiary/aromatic N) is 2. The first kappa shape index (κ1) is 19.9. The van der Waals surface area contributed by atoms with Gasteiger partial charge in [-0.15, -0.1) is 0 Å². The Morgan fingerprint density at radius 3 is 1.85 bits per heavy atom. The van der Waals surface area contributed by atoms with Crippen LogP contribution in [0.4, 0.5) is 11.4 Å². The van der Waals surface area contributed by atoms with Crippen LogP contribution in [0.3, 0.4) is 0 Å². The molecule has 2 aliphatic heterocycles. The van der Waals surface area contributed by atoms with Crippen molar-refractivity contribution in [2.24, 2.45) is 0 Å². The fourth-order valence-electron chi connectivity index (χ4n) is 5.48. The topological polar surface area (TPSA) is 6.48 Å². The summed E-state index contributed by atoms with van der Waals surface area (Å²) in [7, 11) is 0. The second-order valence-electron chi connectivity index (χ2n) is 9.20. The Bertz CT molecular complexity index is 1430. The van der Waals surface area contributed by atoms with Crippen LogP contribution in [0.5, 0.6) is 0 Å². The minimum absolute atomic E-state index is 0.152. The molecule has 0 aliphatic carbocycles. The monoisotopic (exact) mass is 428 g/mol. The molecule has 1 atom stereocenters. The molecule has 0 aromatic heterocycles. The van der Waals surface area contributed by atoms with E-state index in [2.05, 4.69) is 129 Å². The summed E-state index contributed by atoms with van der Waals surface area (Å²) < 4.78 is 0. The third-order valence-corrected chi connectivity index (χ3v) is 7.34. The molecule has 0 bridgehead atoms. The molecule has 0 spiro atoms. The molecule has 2 heteroatoms. The van der Waals surface area contributed by atoms with Crippen molar-refractivity contribution in [1.29, 1.82) is 0 Å². The van der Waals surface area contributed by atoms with Crippen LogP contribution in [-0.4, -0.2) is 6.17 Å². The second kappa shape index (κ2) is 7.38. The summed E-state index contributed by atoms with van der Waals surface area (Å²) in [4.78, 5) is 4.99. The third kappa shape index (κ3) is 2.87. The van der Waals surface area contributed by atoms with Crippen LogP contribution in [0, 0.1) is 20.8 Å². The summed E-state index contributed by atoms with van der Waals surface area (Å²) >= 11 is 0. The maximum absolute atomic E-state index is 2.55. The zero-order valence-corrected chi connectivity index (χ0v) is 19.6. The van der Waals surface area contributed by atoms with Gasteiger partial charge in [0.15, 0.2) is 0 Å². The van der Waals surface area contributed by atoms with E-state index in [1.807, 2.05) is 0 Å². The van der Waals surface area contributed by atoms with Gasteiger partial charge in [0.05, 0.1) is 11.4 Å². The van der Waals surface area contributed by atoms with Crippen molar-refractivity contribution in [2.45, 2.75) is 33.9 Å². The quantitative estimate of drug-likeness (QED) is 0.304. The first-order valence-electron chi connectivity index (χ1n) is 11.7. The minimum atomic E-state index is 0.152. The summed E-state index contributed by atoms with van der Waals surface area (Å²) in [5.74, 6) is 0. The standard InChI is InChI=1S/C31H28N2/c1-20-17-18-28-26-14-7-6-12-24(26)25-13-8-9-15-27(25)30-19-32(29-16-10-5-11-21(29)2)23(4)33(30)31(28)22(20)3/h5-19,23H,1-4H3/t23-/m1/s1. The van der Waals surface area contributed by atoms with Crippen LogP contribution in [0.15, 0.2) is 91.1 Å². The number of rotatable bonds is 1. The Morgan fingerprint density at radius 2 is 1.15 bits per heavy atom. The van der Waals surface area contributed by atoms with E-state index in [1.54, 1.807) is 0 Å². The van der Waals surface area contributed by atoms with Crippen molar-refractivity contribution < 1.29 is 0 Å².